The number of hydrogen-bond donors (Lipinski definition) is 1. The number of pyridine rings is 1. The fourth-order valence-electron chi connectivity index (χ4n) is 2.26. The van der Waals surface area contributed by atoms with E-state index in [1.807, 2.05) is 11.7 Å². The molecular weight excluding hydrogens is 280 g/mol. The van der Waals surface area contributed by atoms with Gasteiger partial charge in [0.2, 0.25) is 0 Å². The predicted molar refractivity (Wildman–Crippen MR) is 86.1 cm³/mol. The standard InChI is InChI=1S/C16H22N4S/c1-12-16(21-11-19-12)10-20(2)9-15-4-3-13(8-18-15)7-17-14-5-6-14/h3-4,8,11,14,17H,5-7,9-10H2,1-2H3. The lowest BCUT2D eigenvalue weighted by atomic mass is 10.2. The van der Waals surface area contributed by atoms with Gasteiger partial charge in [0.1, 0.15) is 0 Å². The Morgan fingerprint density at radius 2 is 2.14 bits per heavy atom. The highest BCUT2D eigenvalue weighted by Crippen LogP contribution is 2.19. The summed E-state index contributed by atoms with van der Waals surface area (Å²) in [5.74, 6) is 0. The molecule has 0 unspecified atom stereocenters. The molecule has 112 valence electrons. The number of nitrogens with zero attached hydrogens (tertiary/aromatic N) is 3. The Labute approximate surface area is 130 Å². The molecule has 2 aromatic rings. The second-order valence-corrected chi connectivity index (χ2v) is 6.79. The summed E-state index contributed by atoms with van der Waals surface area (Å²) in [4.78, 5) is 12.5. The highest BCUT2D eigenvalue weighted by molar-refractivity contribution is 7.09. The van der Waals surface area contributed by atoms with Gasteiger partial charge in [-0.2, -0.15) is 0 Å². The van der Waals surface area contributed by atoms with Crippen molar-refractivity contribution in [2.24, 2.45) is 0 Å². The van der Waals surface area contributed by atoms with Crippen molar-refractivity contribution in [2.75, 3.05) is 7.05 Å². The van der Waals surface area contributed by atoms with Crippen molar-refractivity contribution in [3.63, 3.8) is 0 Å². The Balaban J connectivity index is 1.50. The molecule has 0 aromatic carbocycles. The molecule has 0 radical (unpaired) electrons. The van der Waals surface area contributed by atoms with E-state index in [0.29, 0.717) is 0 Å². The fourth-order valence-corrected chi connectivity index (χ4v) is 3.11. The molecule has 3 rings (SSSR count). The summed E-state index contributed by atoms with van der Waals surface area (Å²) < 4.78 is 0. The van der Waals surface area contributed by atoms with Gasteiger partial charge in [-0.05, 0) is 38.4 Å². The van der Waals surface area contributed by atoms with Gasteiger partial charge in [0.15, 0.2) is 0 Å². The van der Waals surface area contributed by atoms with Crippen molar-refractivity contribution in [3.8, 4) is 0 Å². The van der Waals surface area contributed by atoms with Crippen LogP contribution in [0.2, 0.25) is 0 Å². The Kier molecular flexibility index (Phi) is 4.63. The zero-order valence-electron chi connectivity index (χ0n) is 12.7. The van der Waals surface area contributed by atoms with Crippen LogP contribution in [0.15, 0.2) is 23.8 Å². The minimum atomic E-state index is 0.749. The van der Waals surface area contributed by atoms with Crippen molar-refractivity contribution < 1.29 is 0 Å². The van der Waals surface area contributed by atoms with E-state index in [2.05, 4.69) is 46.3 Å². The molecule has 1 saturated carbocycles. The molecule has 21 heavy (non-hydrogen) atoms. The van der Waals surface area contributed by atoms with Gasteiger partial charge in [0.25, 0.3) is 0 Å². The average molecular weight is 302 g/mol. The number of rotatable bonds is 7. The molecule has 1 fully saturated rings. The summed E-state index contributed by atoms with van der Waals surface area (Å²) in [6, 6.07) is 5.07. The summed E-state index contributed by atoms with van der Waals surface area (Å²) in [5.41, 5.74) is 5.45. The van der Waals surface area contributed by atoms with Crippen LogP contribution in [0, 0.1) is 6.92 Å². The van der Waals surface area contributed by atoms with Gasteiger partial charge in [-0.3, -0.25) is 9.88 Å². The van der Waals surface area contributed by atoms with Gasteiger partial charge in [0, 0.05) is 36.8 Å². The predicted octanol–water partition coefficient (Wildman–Crippen LogP) is 2.73. The second-order valence-electron chi connectivity index (χ2n) is 5.85. The Bertz CT molecular complexity index is 574. The lowest BCUT2D eigenvalue weighted by Crippen LogP contribution is -2.18. The van der Waals surface area contributed by atoms with Gasteiger partial charge in [-0.15, -0.1) is 11.3 Å². The maximum absolute atomic E-state index is 4.57. The third-order valence-electron chi connectivity index (χ3n) is 3.75. The minimum absolute atomic E-state index is 0.749. The maximum Gasteiger partial charge on any atom is 0.0798 e. The van der Waals surface area contributed by atoms with Crippen molar-refractivity contribution in [3.05, 3.63) is 45.7 Å². The molecule has 0 spiro atoms. The van der Waals surface area contributed by atoms with Crippen molar-refractivity contribution >= 4 is 11.3 Å². The molecule has 1 N–H and O–H groups in total. The third-order valence-corrected chi connectivity index (χ3v) is 4.67. The topological polar surface area (TPSA) is 41.1 Å². The zero-order chi connectivity index (χ0) is 14.7. The van der Waals surface area contributed by atoms with Crippen molar-refractivity contribution in [2.45, 2.75) is 45.4 Å². The van der Waals surface area contributed by atoms with E-state index >= 15 is 0 Å². The maximum atomic E-state index is 4.57. The second kappa shape index (κ2) is 6.64. The summed E-state index contributed by atoms with van der Waals surface area (Å²) >= 11 is 1.72. The number of nitrogens with one attached hydrogen (secondary N) is 1. The van der Waals surface area contributed by atoms with Crippen LogP contribution < -0.4 is 5.32 Å². The van der Waals surface area contributed by atoms with E-state index in [4.69, 9.17) is 0 Å². The van der Waals surface area contributed by atoms with E-state index in [1.54, 1.807) is 11.3 Å². The monoisotopic (exact) mass is 302 g/mol. The first-order valence-electron chi connectivity index (χ1n) is 7.45. The van der Waals surface area contributed by atoms with Crippen LogP contribution >= 0.6 is 11.3 Å². The van der Waals surface area contributed by atoms with Crippen LogP contribution in [0.25, 0.3) is 0 Å². The highest BCUT2D eigenvalue weighted by Gasteiger charge is 2.19. The first kappa shape index (κ1) is 14.6. The van der Waals surface area contributed by atoms with Crippen LogP contribution in [0.1, 0.15) is 34.7 Å². The van der Waals surface area contributed by atoms with Crippen molar-refractivity contribution in [1.82, 2.24) is 20.2 Å². The van der Waals surface area contributed by atoms with E-state index < -0.39 is 0 Å². The van der Waals surface area contributed by atoms with E-state index in [1.165, 1.54) is 23.3 Å². The Morgan fingerprint density at radius 3 is 2.76 bits per heavy atom. The van der Waals surface area contributed by atoms with E-state index in [-0.39, 0.29) is 0 Å². The number of aromatic nitrogens is 2. The molecule has 2 aromatic heterocycles. The summed E-state index contributed by atoms with van der Waals surface area (Å²) in [6.45, 7) is 4.81. The van der Waals surface area contributed by atoms with Gasteiger partial charge in [-0.1, -0.05) is 6.07 Å². The first-order valence-corrected chi connectivity index (χ1v) is 8.33. The van der Waals surface area contributed by atoms with Crippen LogP contribution in [0.5, 0.6) is 0 Å². The highest BCUT2D eigenvalue weighted by atomic mass is 32.1. The molecule has 1 aliphatic carbocycles. The molecule has 0 amide bonds. The molecule has 0 saturated heterocycles. The van der Waals surface area contributed by atoms with Crippen LogP contribution in [0.4, 0.5) is 0 Å². The number of hydrogen-bond acceptors (Lipinski definition) is 5. The smallest absolute Gasteiger partial charge is 0.0798 e. The lowest BCUT2D eigenvalue weighted by molar-refractivity contribution is 0.317. The normalized spacial score (nSPS) is 14.8. The third kappa shape index (κ3) is 4.33. The van der Waals surface area contributed by atoms with Crippen LogP contribution in [-0.4, -0.2) is 28.0 Å². The zero-order valence-corrected chi connectivity index (χ0v) is 13.5. The van der Waals surface area contributed by atoms with Crippen molar-refractivity contribution in [1.29, 1.82) is 0 Å². The number of thiazole rings is 1. The molecule has 5 heteroatoms. The molecule has 0 atom stereocenters. The van der Waals surface area contributed by atoms with Crippen LogP contribution in [-0.2, 0) is 19.6 Å². The van der Waals surface area contributed by atoms with Gasteiger partial charge in [0.05, 0.1) is 16.9 Å². The minimum Gasteiger partial charge on any atom is -0.310 e. The largest absolute Gasteiger partial charge is 0.310 e. The van der Waals surface area contributed by atoms with E-state index in [9.17, 15) is 0 Å². The average Bonchev–Trinajstić information content (AvgIpc) is 3.22. The molecule has 0 aliphatic heterocycles. The Hall–Kier alpha value is -1.30. The summed E-state index contributed by atoms with van der Waals surface area (Å²) in [5, 5.41) is 3.51. The fraction of sp³-hybridized carbons (Fsp3) is 0.500. The molecular formula is C16H22N4S. The van der Waals surface area contributed by atoms with Gasteiger partial charge < -0.3 is 5.32 Å². The van der Waals surface area contributed by atoms with Gasteiger partial charge >= 0.3 is 0 Å². The first-order chi connectivity index (χ1) is 10.2. The Morgan fingerprint density at radius 1 is 1.29 bits per heavy atom. The molecule has 1 aliphatic rings. The van der Waals surface area contributed by atoms with E-state index in [0.717, 1.165) is 37.1 Å². The quantitative estimate of drug-likeness (QED) is 0.854. The lowest BCUT2D eigenvalue weighted by Gasteiger charge is -2.15. The van der Waals surface area contributed by atoms with Gasteiger partial charge in [-0.25, -0.2) is 4.98 Å². The van der Waals surface area contributed by atoms with Crippen LogP contribution in [0.3, 0.4) is 0 Å². The molecule has 4 nitrogen and oxygen atoms in total. The molecule has 2 heterocycles. The summed E-state index contributed by atoms with van der Waals surface area (Å²) in [7, 11) is 2.13. The number of aryl methyl sites for hydroxylation is 1. The summed E-state index contributed by atoms with van der Waals surface area (Å²) in [6.07, 6.45) is 4.65. The SMILES string of the molecule is Cc1ncsc1CN(C)Cc1ccc(CNC2CC2)cn1. The molecule has 0 bridgehead atoms.